The number of esters is 1. The largest absolute Gasteiger partial charge is 0.483 e. The molecule has 1 aliphatic rings. The molecule has 1 heterocycles. The Hall–Kier alpha value is -1.55. The molecule has 4 nitrogen and oxygen atoms in total. The predicted octanol–water partition coefficient (Wildman–Crippen LogP) is 3.04. The van der Waals surface area contributed by atoms with Gasteiger partial charge >= 0.3 is 5.97 Å². The second-order valence-electron chi connectivity index (χ2n) is 6.30. The minimum Gasteiger partial charge on any atom is -0.483 e. The molecule has 0 saturated carbocycles. The second-order valence-corrected chi connectivity index (χ2v) is 6.30. The zero-order valence-corrected chi connectivity index (χ0v) is 13.4. The molecule has 0 amide bonds. The fourth-order valence-corrected chi connectivity index (χ4v) is 2.75. The lowest BCUT2D eigenvalue weighted by molar-refractivity contribution is -0.132. The van der Waals surface area contributed by atoms with Crippen LogP contribution in [0.4, 0.5) is 0 Å². The molecule has 0 saturated heterocycles. The molecule has 1 aromatic rings. The molecule has 21 heavy (non-hydrogen) atoms. The van der Waals surface area contributed by atoms with Gasteiger partial charge in [0.1, 0.15) is 5.60 Å². The van der Waals surface area contributed by atoms with Crippen LogP contribution in [0.15, 0.2) is 18.2 Å². The normalized spacial score (nSPS) is 20.8. The van der Waals surface area contributed by atoms with E-state index in [2.05, 4.69) is 25.9 Å². The van der Waals surface area contributed by atoms with Gasteiger partial charge in [0.25, 0.3) is 0 Å². The highest BCUT2D eigenvalue weighted by molar-refractivity contribution is 5.70. The maximum atomic E-state index is 11.2. The lowest BCUT2D eigenvalue weighted by Crippen LogP contribution is -2.37. The molecule has 1 aliphatic heterocycles. The zero-order valence-electron chi connectivity index (χ0n) is 13.4. The molecular formula is C17H25NO3. The average molecular weight is 291 g/mol. The molecule has 0 bridgehead atoms. The molecular weight excluding hydrogens is 266 g/mol. The number of para-hydroxylation sites is 1. The third kappa shape index (κ3) is 4.21. The van der Waals surface area contributed by atoms with Crippen molar-refractivity contribution in [2.24, 2.45) is 0 Å². The molecule has 0 spiro atoms. The fourth-order valence-electron chi connectivity index (χ4n) is 2.75. The van der Waals surface area contributed by atoms with Crippen molar-refractivity contribution in [2.45, 2.75) is 45.1 Å². The van der Waals surface area contributed by atoms with Crippen molar-refractivity contribution in [3.05, 3.63) is 23.8 Å². The van der Waals surface area contributed by atoms with E-state index in [-0.39, 0.29) is 11.6 Å². The minimum atomic E-state index is -0.313. The molecule has 1 unspecified atom stereocenters. The molecule has 1 atom stereocenters. The van der Waals surface area contributed by atoms with Gasteiger partial charge in [0.05, 0.1) is 0 Å². The first-order chi connectivity index (χ1) is 9.89. The Morgan fingerprint density at radius 3 is 2.86 bits per heavy atom. The summed E-state index contributed by atoms with van der Waals surface area (Å²) in [7, 11) is 4.16. The quantitative estimate of drug-likeness (QED) is 0.617. The van der Waals surface area contributed by atoms with Gasteiger partial charge in [-0.1, -0.05) is 12.1 Å². The third-order valence-electron chi connectivity index (χ3n) is 3.90. The summed E-state index contributed by atoms with van der Waals surface area (Å²) >= 11 is 0. The maximum Gasteiger partial charge on any atom is 0.308 e. The molecule has 0 fully saturated rings. The van der Waals surface area contributed by atoms with Crippen molar-refractivity contribution >= 4 is 5.97 Å². The number of ether oxygens (including phenoxy) is 2. The Morgan fingerprint density at radius 2 is 2.19 bits per heavy atom. The van der Waals surface area contributed by atoms with Gasteiger partial charge in [-0.2, -0.15) is 0 Å². The van der Waals surface area contributed by atoms with Gasteiger partial charge in [-0.25, -0.2) is 0 Å². The summed E-state index contributed by atoms with van der Waals surface area (Å²) in [5, 5.41) is 0. The Bertz CT molecular complexity index is 513. The molecule has 0 N–H and O–H groups in total. The SMILES string of the molecule is CC(=O)Oc1cccc2c1OC(C)(CCCN(C)C)CC2. The van der Waals surface area contributed by atoms with Crippen molar-refractivity contribution in [1.82, 2.24) is 4.90 Å². The van der Waals surface area contributed by atoms with Crippen LogP contribution >= 0.6 is 0 Å². The van der Waals surface area contributed by atoms with E-state index in [1.165, 1.54) is 6.92 Å². The Kier molecular flexibility index (Phi) is 4.88. The van der Waals surface area contributed by atoms with E-state index in [1.807, 2.05) is 12.1 Å². The number of rotatable bonds is 5. The van der Waals surface area contributed by atoms with Crippen LogP contribution in [0.2, 0.25) is 0 Å². The van der Waals surface area contributed by atoms with Gasteiger partial charge in [0, 0.05) is 6.92 Å². The molecule has 0 aromatic heterocycles. The lowest BCUT2D eigenvalue weighted by atomic mass is 9.88. The summed E-state index contributed by atoms with van der Waals surface area (Å²) in [6, 6.07) is 5.75. The number of hydrogen-bond donors (Lipinski definition) is 0. The zero-order chi connectivity index (χ0) is 15.5. The van der Waals surface area contributed by atoms with Crippen molar-refractivity contribution in [2.75, 3.05) is 20.6 Å². The van der Waals surface area contributed by atoms with E-state index in [0.29, 0.717) is 5.75 Å². The van der Waals surface area contributed by atoms with Gasteiger partial charge in [0.15, 0.2) is 11.5 Å². The van der Waals surface area contributed by atoms with E-state index < -0.39 is 0 Å². The highest BCUT2D eigenvalue weighted by Gasteiger charge is 2.33. The van der Waals surface area contributed by atoms with Crippen molar-refractivity contribution in [1.29, 1.82) is 0 Å². The van der Waals surface area contributed by atoms with Gasteiger partial charge in [-0.3, -0.25) is 4.79 Å². The standard InChI is InChI=1S/C17H25NO3/c1-13(19)20-15-8-5-7-14-9-11-17(2,21-16(14)15)10-6-12-18(3)4/h5,7-8H,6,9-12H2,1-4H3. The van der Waals surface area contributed by atoms with Gasteiger partial charge in [-0.05, 0) is 64.9 Å². The van der Waals surface area contributed by atoms with E-state index in [4.69, 9.17) is 9.47 Å². The first-order valence-electron chi connectivity index (χ1n) is 7.54. The first kappa shape index (κ1) is 15.8. The van der Waals surface area contributed by atoms with Gasteiger partial charge < -0.3 is 14.4 Å². The number of nitrogens with zero attached hydrogens (tertiary/aromatic N) is 1. The topological polar surface area (TPSA) is 38.8 Å². The van der Waals surface area contributed by atoms with Gasteiger partial charge in [0.2, 0.25) is 0 Å². The highest BCUT2D eigenvalue weighted by atomic mass is 16.6. The van der Waals surface area contributed by atoms with Crippen molar-refractivity contribution in [3.63, 3.8) is 0 Å². The van der Waals surface area contributed by atoms with Crippen LogP contribution in [-0.4, -0.2) is 37.1 Å². The van der Waals surface area contributed by atoms with E-state index >= 15 is 0 Å². The summed E-state index contributed by atoms with van der Waals surface area (Å²) in [5.74, 6) is 0.969. The number of aryl methyl sites for hydroxylation is 1. The Balaban J connectivity index is 2.12. The van der Waals surface area contributed by atoms with Crippen LogP contribution in [0.3, 0.4) is 0 Å². The van der Waals surface area contributed by atoms with Crippen LogP contribution in [0.5, 0.6) is 11.5 Å². The Labute approximate surface area is 127 Å². The predicted molar refractivity (Wildman–Crippen MR) is 82.9 cm³/mol. The smallest absolute Gasteiger partial charge is 0.308 e. The van der Waals surface area contributed by atoms with Crippen molar-refractivity contribution < 1.29 is 14.3 Å². The summed E-state index contributed by atoms with van der Waals surface area (Å²) in [6.07, 6.45) is 4.05. The molecule has 116 valence electrons. The number of carbonyl (C=O) groups is 1. The van der Waals surface area contributed by atoms with E-state index in [1.54, 1.807) is 6.07 Å². The van der Waals surface area contributed by atoms with Crippen LogP contribution in [-0.2, 0) is 11.2 Å². The summed E-state index contributed by atoms with van der Waals surface area (Å²) in [4.78, 5) is 13.4. The van der Waals surface area contributed by atoms with Gasteiger partial charge in [-0.15, -0.1) is 0 Å². The highest BCUT2D eigenvalue weighted by Crippen LogP contribution is 2.41. The minimum absolute atomic E-state index is 0.181. The molecule has 0 radical (unpaired) electrons. The number of fused-ring (bicyclic) bond motifs is 1. The van der Waals surface area contributed by atoms with E-state index in [9.17, 15) is 4.79 Å². The lowest BCUT2D eigenvalue weighted by Gasteiger charge is -2.36. The van der Waals surface area contributed by atoms with Crippen LogP contribution in [0.25, 0.3) is 0 Å². The third-order valence-corrected chi connectivity index (χ3v) is 3.90. The van der Waals surface area contributed by atoms with Crippen LogP contribution in [0, 0.1) is 0 Å². The summed E-state index contributed by atoms with van der Waals surface area (Å²) in [6.45, 7) is 4.62. The summed E-state index contributed by atoms with van der Waals surface area (Å²) in [5.41, 5.74) is 0.943. The van der Waals surface area contributed by atoms with Crippen LogP contribution < -0.4 is 9.47 Å². The molecule has 0 aliphatic carbocycles. The fraction of sp³-hybridized carbons (Fsp3) is 0.588. The second kappa shape index (κ2) is 6.48. The number of carbonyl (C=O) groups excluding carboxylic acids is 1. The molecule has 1 aromatic carbocycles. The number of hydrogen-bond acceptors (Lipinski definition) is 4. The van der Waals surface area contributed by atoms with E-state index in [0.717, 1.165) is 43.5 Å². The van der Waals surface area contributed by atoms with Crippen molar-refractivity contribution in [3.8, 4) is 11.5 Å². The monoisotopic (exact) mass is 291 g/mol. The average Bonchev–Trinajstić information content (AvgIpc) is 2.38. The Morgan fingerprint density at radius 1 is 1.43 bits per heavy atom. The molecule has 4 heteroatoms. The number of benzene rings is 1. The first-order valence-corrected chi connectivity index (χ1v) is 7.54. The van der Waals surface area contributed by atoms with Crippen LogP contribution in [0.1, 0.15) is 38.7 Å². The molecule has 2 rings (SSSR count). The maximum absolute atomic E-state index is 11.2. The summed E-state index contributed by atoms with van der Waals surface area (Å²) < 4.78 is 11.5.